The molecule has 1 aromatic carbocycles. The molecule has 0 spiro atoms. The zero-order chi connectivity index (χ0) is 31.8. The second-order valence-electron chi connectivity index (χ2n) is 14.6. The maximum Gasteiger partial charge on any atom is 0.0849 e. The molecule has 2 atom stereocenters. The fraction of sp³-hybridized carbons (Fsp3) is 0.475. The minimum atomic E-state index is 0.309. The third kappa shape index (κ3) is 10.4. The summed E-state index contributed by atoms with van der Waals surface area (Å²) in [7, 11) is 0. The van der Waals surface area contributed by atoms with Gasteiger partial charge in [-0.25, -0.2) is 4.98 Å². The van der Waals surface area contributed by atoms with Crippen LogP contribution in [0.5, 0.6) is 0 Å². The quantitative estimate of drug-likeness (QED) is 0.333. The van der Waals surface area contributed by atoms with Crippen molar-refractivity contribution < 1.29 is 0 Å². The lowest BCUT2D eigenvalue weighted by atomic mass is 9.62. The Hall–Kier alpha value is -3.33. The lowest BCUT2D eigenvalue weighted by Gasteiger charge is -2.45. The van der Waals surface area contributed by atoms with Gasteiger partial charge in [-0.2, -0.15) is 0 Å². The van der Waals surface area contributed by atoms with Crippen molar-refractivity contribution in [2.24, 2.45) is 32.7 Å². The van der Waals surface area contributed by atoms with E-state index in [0.29, 0.717) is 28.7 Å². The number of aryl methyl sites for hydroxylation is 3. The first-order chi connectivity index (χ1) is 20.1. The van der Waals surface area contributed by atoms with Gasteiger partial charge in [0.15, 0.2) is 0 Å². The number of benzene rings is 1. The number of nitrogens with zero attached hydrogens (tertiary/aromatic N) is 3. The zero-order valence-corrected chi connectivity index (χ0v) is 28.7. The first kappa shape index (κ1) is 34.2. The number of aliphatic imine (C=N–C) groups is 2. The molecule has 4 rings (SSSR count). The predicted octanol–water partition coefficient (Wildman–Crippen LogP) is 11.1. The van der Waals surface area contributed by atoms with Gasteiger partial charge in [0.25, 0.3) is 0 Å². The van der Waals surface area contributed by atoms with Crippen LogP contribution in [0.15, 0.2) is 88.9 Å². The lowest BCUT2D eigenvalue weighted by Crippen LogP contribution is -2.38. The van der Waals surface area contributed by atoms with Crippen LogP contribution in [0.4, 0.5) is 5.69 Å². The highest BCUT2D eigenvalue weighted by Gasteiger charge is 2.39. The molecular weight excluding hydrogens is 522 g/mol. The summed E-state index contributed by atoms with van der Waals surface area (Å²) in [6.45, 7) is 24.9. The van der Waals surface area contributed by atoms with E-state index in [0.717, 1.165) is 28.5 Å². The zero-order valence-electron chi connectivity index (χ0n) is 28.7. The van der Waals surface area contributed by atoms with Gasteiger partial charge >= 0.3 is 0 Å². The van der Waals surface area contributed by atoms with E-state index in [-0.39, 0.29) is 0 Å². The van der Waals surface area contributed by atoms with E-state index in [4.69, 9.17) is 15.0 Å². The van der Waals surface area contributed by atoms with Crippen molar-refractivity contribution in [1.82, 2.24) is 4.98 Å². The third-order valence-corrected chi connectivity index (χ3v) is 8.80. The molecule has 2 aromatic rings. The molecule has 1 saturated carbocycles. The van der Waals surface area contributed by atoms with Crippen LogP contribution < -0.4 is 0 Å². The van der Waals surface area contributed by atoms with Gasteiger partial charge in [-0.15, -0.1) is 0 Å². The van der Waals surface area contributed by atoms with Crippen LogP contribution in [-0.2, 0) is 0 Å². The largest absolute Gasteiger partial charge is 0.284 e. The Kier molecular flexibility index (Phi) is 11.8. The highest BCUT2D eigenvalue weighted by atomic mass is 14.9. The minimum absolute atomic E-state index is 0.309. The van der Waals surface area contributed by atoms with Gasteiger partial charge in [-0.1, -0.05) is 114 Å². The standard InChI is InChI=1S/C32H47N3.C8H8/c1-20-15-21(2)30(22(3)16-20)34-24(5)29-14-12-13-28(35-29)23(4)33-27-18-25(31(6,7)8)17-26(19-27)32(9,10)11;1-2-4-6-8-7-5-3-1/h12-16,25-27H,17-19H2,1-11H3;1-8H/b;2-1-,3-1?,4-2?,5-3-,6-4-,7-5?,8-6?,8-7-. The second-order valence-corrected chi connectivity index (χ2v) is 14.6. The first-order valence-corrected chi connectivity index (χ1v) is 16.0. The van der Waals surface area contributed by atoms with Crippen LogP contribution in [0, 0.1) is 43.4 Å². The number of pyridine rings is 1. The van der Waals surface area contributed by atoms with Crippen molar-refractivity contribution in [3.05, 3.63) is 107 Å². The molecule has 2 unspecified atom stereocenters. The summed E-state index contributed by atoms with van der Waals surface area (Å²) >= 11 is 0. The van der Waals surface area contributed by atoms with E-state index in [1.54, 1.807) is 0 Å². The smallest absolute Gasteiger partial charge is 0.0849 e. The summed E-state index contributed by atoms with van der Waals surface area (Å²) in [4.78, 5) is 15.2. The molecule has 230 valence electrons. The Bertz CT molecular complexity index is 1320. The molecule has 0 saturated heterocycles. The lowest BCUT2D eigenvalue weighted by molar-refractivity contribution is 0.0722. The van der Waals surface area contributed by atoms with Crippen LogP contribution in [0.3, 0.4) is 0 Å². The molecule has 0 bridgehead atoms. The Balaban J connectivity index is 0.000000546. The summed E-state index contributed by atoms with van der Waals surface area (Å²) in [6, 6.07) is 11.0. The van der Waals surface area contributed by atoms with Gasteiger partial charge in [-0.3, -0.25) is 9.98 Å². The van der Waals surface area contributed by atoms with Crippen molar-refractivity contribution >= 4 is 17.1 Å². The molecule has 43 heavy (non-hydrogen) atoms. The SMILES string of the molecule is C1=C\C=C/C=C\C=C/1.CC(=Nc1c(C)cc(C)cc1C)c1cccc(C(C)=NC2CC(C(C)(C)C)CC(C(C)(C)C)C2)n1. The molecule has 1 fully saturated rings. The predicted molar refractivity (Wildman–Crippen MR) is 189 cm³/mol. The van der Waals surface area contributed by atoms with Gasteiger partial charge in [-0.05, 0) is 99.8 Å². The number of aromatic nitrogens is 1. The van der Waals surface area contributed by atoms with E-state index < -0.39 is 0 Å². The van der Waals surface area contributed by atoms with E-state index in [2.05, 4.69) is 106 Å². The fourth-order valence-corrected chi connectivity index (χ4v) is 6.07. The molecule has 0 amide bonds. The van der Waals surface area contributed by atoms with Gasteiger partial charge in [0.2, 0.25) is 0 Å². The van der Waals surface area contributed by atoms with Crippen LogP contribution >= 0.6 is 0 Å². The average Bonchev–Trinajstić information content (AvgIpc) is 2.89. The van der Waals surface area contributed by atoms with Crippen LogP contribution in [0.2, 0.25) is 0 Å². The molecule has 0 N–H and O–H groups in total. The molecule has 2 aliphatic carbocycles. The van der Waals surface area contributed by atoms with Crippen LogP contribution in [-0.4, -0.2) is 22.4 Å². The van der Waals surface area contributed by atoms with Crippen LogP contribution in [0.25, 0.3) is 0 Å². The number of allylic oxidation sites excluding steroid dienone is 8. The number of hydrogen-bond acceptors (Lipinski definition) is 3. The van der Waals surface area contributed by atoms with E-state index in [9.17, 15) is 0 Å². The van der Waals surface area contributed by atoms with Gasteiger partial charge in [0.05, 0.1) is 34.5 Å². The van der Waals surface area contributed by atoms with Crippen molar-refractivity contribution in [3.63, 3.8) is 0 Å². The summed E-state index contributed by atoms with van der Waals surface area (Å²) in [5.41, 5.74) is 9.20. The maximum atomic E-state index is 5.27. The highest BCUT2D eigenvalue weighted by Crippen LogP contribution is 2.47. The second kappa shape index (κ2) is 14.9. The number of hydrogen-bond donors (Lipinski definition) is 0. The summed E-state index contributed by atoms with van der Waals surface area (Å²) < 4.78 is 0. The molecule has 3 heteroatoms. The fourth-order valence-electron chi connectivity index (χ4n) is 6.07. The number of rotatable bonds is 4. The van der Waals surface area contributed by atoms with Crippen molar-refractivity contribution in [2.45, 2.75) is 101 Å². The van der Waals surface area contributed by atoms with Crippen molar-refractivity contribution in [1.29, 1.82) is 0 Å². The Morgan fingerprint density at radius 2 is 1.07 bits per heavy atom. The van der Waals surface area contributed by atoms with E-state index in [1.807, 2.05) is 48.6 Å². The van der Waals surface area contributed by atoms with Crippen LogP contribution in [0.1, 0.15) is 103 Å². The molecule has 0 radical (unpaired) electrons. The average molecular weight is 578 g/mol. The summed E-state index contributed by atoms with van der Waals surface area (Å²) in [5, 5.41) is 0. The van der Waals surface area contributed by atoms with Gasteiger partial charge in [0.1, 0.15) is 0 Å². The Labute approximate surface area is 262 Å². The molecule has 2 aliphatic rings. The normalized spacial score (nSPS) is 24.2. The Morgan fingerprint density at radius 3 is 1.49 bits per heavy atom. The van der Waals surface area contributed by atoms with Gasteiger partial charge < -0.3 is 0 Å². The monoisotopic (exact) mass is 577 g/mol. The molecular formula is C40H55N3. The maximum absolute atomic E-state index is 5.27. The van der Waals surface area contributed by atoms with E-state index in [1.165, 1.54) is 36.0 Å². The highest BCUT2D eigenvalue weighted by molar-refractivity contribution is 6.01. The van der Waals surface area contributed by atoms with Crippen molar-refractivity contribution in [3.8, 4) is 0 Å². The molecule has 0 aliphatic heterocycles. The summed E-state index contributed by atoms with van der Waals surface area (Å²) in [5.74, 6) is 1.38. The third-order valence-electron chi connectivity index (χ3n) is 8.80. The molecule has 3 nitrogen and oxygen atoms in total. The Morgan fingerprint density at radius 1 is 0.651 bits per heavy atom. The minimum Gasteiger partial charge on any atom is -0.284 e. The molecule has 1 heterocycles. The first-order valence-electron chi connectivity index (χ1n) is 16.0. The van der Waals surface area contributed by atoms with Gasteiger partial charge in [0, 0.05) is 0 Å². The molecule has 1 aromatic heterocycles. The van der Waals surface area contributed by atoms with Crippen molar-refractivity contribution in [2.75, 3.05) is 0 Å². The summed E-state index contributed by atoms with van der Waals surface area (Å²) in [6.07, 6.45) is 19.6. The van der Waals surface area contributed by atoms with E-state index >= 15 is 0 Å². The topological polar surface area (TPSA) is 37.6 Å².